The molecule has 1 fully saturated rings. The van der Waals surface area contributed by atoms with Gasteiger partial charge >= 0.3 is 0 Å². The second-order valence-corrected chi connectivity index (χ2v) is 6.48. The van der Waals surface area contributed by atoms with Gasteiger partial charge in [0.15, 0.2) is 11.5 Å². The Balaban J connectivity index is 1.79. The Kier molecular flexibility index (Phi) is 3.63. The van der Waals surface area contributed by atoms with E-state index in [4.69, 9.17) is 5.10 Å². The molecule has 6 heteroatoms. The minimum atomic E-state index is 0.244. The Bertz CT molecular complexity index is 807. The third kappa shape index (κ3) is 2.53. The molecule has 4 rings (SSSR count). The van der Waals surface area contributed by atoms with Crippen molar-refractivity contribution < 1.29 is 0 Å². The summed E-state index contributed by atoms with van der Waals surface area (Å²) in [5.41, 5.74) is 2.79. The van der Waals surface area contributed by atoms with Crippen molar-refractivity contribution in [2.45, 2.75) is 25.3 Å². The fourth-order valence-electron chi connectivity index (χ4n) is 2.90. The molecular weight excluding hydrogens is 342 g/mol. The van der Waals surface area contributed by atoms with Crippen LogP contribution in [0.4, 0.5) is 0 Å². The Labute approximate surface area is 136 Å². The average molecular weight is 358 g/mol. The number of hydrogen-bond donors (Lipinski definition) is 1. The highest BCUT2D eigenvalue weighted by Crippen LogP contribution is 2.24. The van der Waals surface area contributed by atoms with Crippen molar-refractivity contribution in [1.29, 1.82) is 0 Å². The predicted octanol–water partition coefficient (Wildman–Crippen LogP) is 3.37. The zero-order valence-corrected chi connectivity index (χ0v) is 13.6. The molecular formula is C16H16BrN5. The summed E-state index contributed by atoms with van der Waals surface area (Å²) in [5, 5.41) is 16.9. The number of halogens is 1. The monoisotopic (exact) mass is 357 g/mol. The van der Waals surface area contributed by atoms with Crippen LogP contribution in [0.15, 0.2) is 40.9 Å². The molecule has 22 heavy (non-hydrogen) atoms. The molecule has 3 heterocycles. The molecule has 112 valence electrons. The van der Waals surface area contributed by atoms with Gasteiger partial charge in [-0.1, -0.05) is 34.5 Å². The van der Waals surface area contributed by atoms with Gasteiger partial charge in [0.05, 0.1) is 11.7 Å². The van der Waals surface area contributed by atoms with Gasteiger partial charge in [0.2, 0.25) is 0 Å². The number of hydrogen-bond acceptors (Lipinski definition) is 4. The van der Waals surface area contributed by atoms with E-state index in [1.807, 2.05) is 28.8 Å². The lowest BCUT2D eigenvalue weighted by Gasteiger charge is -2.21. The second-order valence-electron chi connectivity index (χ2n) is 5.56. The lowest BCUT2D eigenvalue weighted by molar-refractivity contribution is 0.392. The molecule has 5 nitrogen and oxygen atoms in total. The summed E-state index contributed by atoms with van der Waals surface area (Å²) >= 11 is 3.51. The maximum atomic E-state index is 4.75. The van der Waals surface area contributed by atoms with Crippen LogP contribution in [-0.2, 0) is 0 Å². The fraction of sp³-hybridized carbons (Fsp3) is 0.312. The summed E-state index contributed by atoms with van der Waals surface area (Å²) in [6.45, 7) is 1.03. The lowest BCUT2D eigenvalue weighted by atomic mass is 10.0. The SMILES string of the molecule is Brc1cccc(-c2ccc3nnc([C@H]4CCCCN4)n3n2)c1. The summed E-state index contributed by atoms with van der Waals surface area (Å²) in [6.07, 6.45) is 3.53. The van der Waals surface area contributed by atoms with E-state index in [1.165, 1.54) is 12.8 Å². The number of rotatable bonds is 2. The van der Waals surface area contributed by atoms with E-state index >= 15 is 0 Å². The van der Waals surface area contributed by atoms with Gasteiger partial charge in [-0.3, -0.25) is 0 Å². The van der Waals surface area contributed by atoms with Crippen molar-refractivity contribution in [1.82, 2.24) is 25.1 Å². The highest BCUT2D eigenvalue weighted by Gasteiger charge is 2.21. The highest BCUT2D eigenvalue weighted by atomic mass is 79.9. The van der Waals surface area contributed by atoms with Gasteiger partial charge in [-0.15, -0.1) is 10.2 Å². The molecule has 3 aromatic rings. The van der Waals surface area contributed by atoms with Crippen molar-refractivity contribution in [2.75, 3.05) is 6.54 Å². The topological polar surface area (TPSA) is 55.1 Å². The van der Waals surface area contributed by atoms with Crippen LogP contribution in [0.2, 0.25) is 0 Å². The molecule has 0 saturated carbocycles. The van der Waals surface area contributed by atoms with Crippen LogP contribution in [0.3, 0.4) is 0 Å². The molecule has 2 aromatic heterocycles. The molecule has 0 aliphatic carbocycles. The first-order chi connectivity index (χ1) is 10.8. The van der Waals surface area contributed by atoms with Crippen LogP contribution in [0.1, 0.15) is 31.1 Å². The maximum absolute atomic E-state index is 4.75. The highest BCUT2D eigenvalue weighted by molar-refractivity contribution is 9.10. The quantitative estimate of drug-likeness (QED) is 0.763. The van der Waals surface area contributed by atoms with Crippen LogP contribution in [0.25, 0.3) is 16.9 Å². The van der Waals surface area contributed by atoms with Gasteiger partial charge in [-0.25, -0.2) is 0 Å². The zero-order valence-electron chi connectivity index (χ0n) is 12.0. The Morgan fingerprint density at radius 1 is 1.14 bits per heavy atom. The third-order valence-corrected chi connectivity index (χ3v) is 4.52. The van der Waals surface area contributed by atoms with E-state index < -0.39 is 0 Å². The molecule has 1 aliphatic heterocycles. The summed E-state index contributed by atoms with van der Waals surface area (Å²) in [6, 6.07) is 12.4. The van der Waals surface area contributed by atoms with Gasteiger partial charge in [0.25, 0.3) is 0 Å². The average Bonchev–Trinajstić information content (AvgIpc) is 2.99. The normalized spacial score (nSPS) is 18.7. The Hall–Kier alpha value is -1.79. The molecule has 0 unspecified atom stereocenters. The van der Waals surface area contributed by atoms with Crippen molar-refractivity contribution in [3.05, 3.63) is 46.7 Å². The summed E-state index contributed by atoms with van der Waals surface area (Å²) < 4.78 is 2.92. The number of piperidine rings is 1. The lowest BCUT2D eigenvalue weighted by Crippen LogP contribution is -2.28. The summed E-state index contributed by atoms with van der Waals surface area (Å²) in [5.74, 6) is 0.909. The van der Waals surface area contributed by atoms with Gasteiger partial charge in [-0.2, -0.15) is 9.61 Å². The van der Waals surface area contributed by atoms with Crippen molar-refractivity contribution >= 4 is 21.6 Å². The molecule has 1 aliphatic rings. The molecule has 1 aromatic carbocycles. The van der Waals surface area contributed by atoms with Crippen LogP contribution < -0.4 is 5.32 Å². The van der Waals surface area contributed by atoms with Gasteiger partial charge < -0.3 is 5.32 Å². The van der Waals surface area contributed by atoms with Crippen LogP contribution in [-0.4, -0.2) is 26.4 Å². The van der Waals surface area contributed by atoms with Gasteiger partial charge in [0, 0.05) is 10.0 Å². The molecule has 0 amide bonds. The smallest absolute Gasteiger partial charge is 0.178 e. The molecule has 0 spiro atoms. The number of nitrogens with zero attached hydrogens (tertiary/aromatic N) is 4. The predicted molar refractivity (Wildman–Crippen MR) is 88.5 cm³/mol. The first kappa shape index (κ1) is 13.8. The number of benzene rings is 1. The van der Waals surface area contributed by atoms with E-state index in [0.717, 1.165) is 40.2 Å². The zero-order chi connectivity index (χ0) is 14.9. The summed E-state index contributed by atoms with van der Waals surface area (Å²) in [4.78, 5) is 0. The van der Waals surface area contributed by atoms with Crippen LogP contribution in [0, 0.1) is 0 Å². The minimum Gasteiger partial charge on any atom is -0.307 e. The summed E-state index contributed by atoms with van der Waals surface area (Å²) in [7, 11) is 0. The standard InChI is InChI=1S/C16H16BrN5/c17-12-5-3-4-11(10-12)13-7-8-15-19-20-16(22(15)21-13)14-6-1-2-9-18-14/h3-5,7-8,10,14,18H,1-2,6,9H2/t14-/m1/s1. The van der Waals surface area contributed by atoms with Crippen molar-refractivity contribution in [3.63, 3.8) is 0 Å². The largest absolute Gasteiger partial charge is 0.307 e. The Morgan fingerprint density at radius 2 is 2.09 bits per heavy atom. The first-order valence-electron chi connectivity index (χ1n) is 7.53. The second kappa shape index (κ2) is 5.78. The maximum Gasteiger partial charge on any atom is 0.178 e. The molecule has 0 bridgehead atoms. The molecule has 1 saturated heterocycles. The van der Waals surface area contributed by atoms with E-state index in [1.54, 1.807) is 0 Å². The van der Waals surface area contributed by atoms with E-state index in [9.17, 15) is 0 Å². The fourth-order valence-corrected chi connectivity index (χ4v) is 3.30. The number of nitrogens with one attached hydrogen (secondary N) is 1. The van der Waals surface area contributed by atoms with Crippen LogP contribution >= 0.6 is 15.9 Å². The number of aromatic nitrogens is 4. The van der Waals surface area contributed by atoms with E-state index in [0.29, 0.717) is 0 Å². The van der Waals surface area contributed by atoms with Crippen LogP contribution in [0.5, 0.6) is 0 Å². The van der Waals surface area contributed by atoms with Crippen molar-refractivity contribution in [2.24, 2.45) is 0 Å². The number of fused-ring (bicyclic) bond motifs is 1. The Morgan fingerprint density at radius 3 is 2.91 bits per heavy atom. The van der Waals surface area contributed by atoms with Gasteiger partial charge in [-0.05, 0) is 43.7 Å². The molecule has 1 atom stereocenters. The van der Waals surface area contributed by atoms with Gasteiger partial charge in [0.1, 0.15) is 0 Å². The van der Waals surface area contributed by atoms with E-state index in [2.05, 4.69) is 43.6 Å². The van der Waals surface area contributed by atoms with E-state index in [-0.39, 0.29) is 6.04 Å². The minimum absolute atomic E-state index is 0.244. The third-order valence-electron chi connectivity index (χ3n) is 4.03. The first-order valence-corrected chi connectivity index (χ1v) is 8.32. The molecule has 0 radical (unpaired) electrons. The van der Waals surface area contributed by atoms with Crippen molar-refractivity contribution in [3.8, 4) is 11.3 Å². The molecule has 1 N–H and O–H groups in total.